The Morgan fingerprint density at radius 1 is 0.931 bits per heavy atom. The first-order valence-corrected chi connectivity index (χ1v) is 10.5. The number of hydrogen-bond acceptors (Lipinski definition) is 3. The maximum absolute atomic E-state index is 13.0. The number of rotatable bonds is 5. The van der Waals surface area contributed by atoms with Crippen LogP contribution in [0.4, 0.5) is 0 Å². The molecule has 1 amide bonds. The molecule has 1 aromatic heterocycles. The number of carbonyl (C=O) groups excluding carboxylic acids is 1. The van der Waals surface area contributed by atoms with Crippen LogP contribution in [-0.2, 0) is 6.54 Å². The molecule has 0 fully saturated rings. The second-order valence-electron chi connectivity index (χ2n) is 6.36. The third-order valence-corrected chi connectivity index (χ3v) is 5.86. The Balaban J connectivity index is 1.65. The van der Waals surface area contributed by atoms with Crippen LogP contribution in [0.2, 0.25) is 10.0 Å². The first-order valence-electron chi connectivity index (χ1n) is 8.95. The van der Waals surface area contributed by atoms with Crippen LogP contribution in [0.5, 0.6) is 0 Å². The summed E-state index contributed by atoms with van der Waals surface area (Å²) >= 11 is 13.8. The molecule has 29 heavy (non-hydrogen) atoms. The predicted molar refractivity (Wildman–Crippen MR) is 120 cm³/mol. The molecule has 6 heteroatoms. The van der Waals surface area contributed by atoms with E-state index in [0.29, 0.717) is 22.2 Å². The SMILES string of the molecule is O=C(NCc1ccccc1Cl)c1cc(Sc2cccc(Cl)c2)nc2ccccc12. The summed E-state index contributed by atoms with van der Waals surface area (Å²) in [6, 6.07) is 24.5. The molecule has 4 rings (SSSR count). The number of para-hydroxylation sites is 1. The van der Waals surface area contributed by atoms with E-state index in [2.05, 4.69) is 5.32 Å². The van der Waals surface area contributed by atoms with Gasteiger partial charge in [-0.05, 0) is 42.0 Å². The van der Waals surface area contributed by atoms with Crippen molar-refractivity contribution in [2.24, 2.45) is 0 Å². The number of carbonyl (C=O) groups is 1. The van der Waals surface area contributed by atoms with Gasteiger partial charge in [-0.25, -0.2) is 4.98 Å². The van der Waals surface area contributed by atoms with Crippen LogP contribution in [0.15, 0.2) is 88.8 Å². The van der Waals surface area contributed by atoms with Gasteiger partial charge in [0.2, 0.25) is 0 Å². The molecular weight excluding hydrogens is 423 g/mol. The highest BCUT2D eigenvalue weighted by molar-refractivity contribution is 7.99. The fourth-order valence-corrected chi connectivity index (χ4v) is 4.31. The van der Waals surface area contributed by atoms with Crippen molar-refractivity contribution in [3.05, 3.63) is 100 Å². The third-order valence-electron chi connectivity index (χ3n) is 4.35. The summed E-state index contributed by atoms with van der Waals surface area (Å²) in [7, 11) is 0. The number of halogens is 2. The second kappa shape index (κ2) is 8.87. The number of benzene rings is 3. The first-order chi connectivity index (χ1) is 14.1. The van der Waals surface area contributed by atoms with Crippen molar-refractivity contribution in [1.29, 1.82) is 0 Å². The molecule has 0 unspecified atom stereocenters. The van der Waals surface area contributed by atoms with Gasteiger partial charge in [0.15, 0.2) is 0 Å². The fourth-order valence-electron chi connectivity index (χ4n) is 2.95. The van der Waals surface area contributed by atoms with Gasteiger partial charge >= 0.3 is 0 Å². The van der Waals surface area contributed by atoms with E-state index in [4.69, 9.17) is 28.2 Å². The van der Waals surface area contributed by atoms with Gasteiger partial charge < -0.3 is 5.32 Å². The van der Waals surface area contributed by atoms with Crippen LogP contribution >= 0.6 is 35.0 Å². The molecule has 0 spiro atoms. The van der Waals surface area contributed by atoms with Crippen molar-refractivity contribution in [3.63, 3.8) is 0 Å². The Morgan fingerprint density at radius 3 is 2.55 bits per heavy atom. The van der Waals surface area contributed by atoms with Crippen molar-refractivity contribution in [3.8, 4) is 0 Å². The molecule has 0 bridgehead atoms. The lowest BCUT2D eigenvalue weighted by Gasteiger charge is -2.11. The minimum absolute atomic E-state index is 0.170. The molecule has 1 heterocycles. The van der Waals surface area contributed by atoms with E-state index in [1.807, 2.05) is 78.9 Å². The van der Waals surface area contributed by atoms with E-state index in [0.717, 1.165) is 26.4 Å². The quantitative estimate of drug-likeness (QED) is 0.380. The van der Waals surface area contributed by atoms with Crippen LogP contribution in [-0.4, -0.2) is 10.9 Å². The summed E-state index contributed by atoms with van der Waals surface area (Å²) in [5.41, 5.74) is 2.21. The Labute approximate surface area is 183 Å². The van der Waals surface area contributed by atoms with Crippen LogP contribution in [0.3, 0.4) is 0 Å². The Morgan fingerprint density at radius 2 is 1.72 bits per heavy atom. The molecule has 0 aliphatic carbocycles. The van der Waals surface area contributed by atoms with Gasteiger partial charge in [-0.1, -0.05) is 77.4 Å². The number of fused-ring (bicyclic) bond motifs is 1. The molecule has 0 aliphatic heterocycles. The number of nitrogens with one attached hydrogen (secondary N) is 1. The molecule has 144 valence electrons. The molecule has 3 nitrogen and oxygen atoms in total. The molecule has 0 atom stereocenters. The smallest absolute Gasteiger partial charge is 0.252 e. The maximum Gasteiger partial charge on any atom is 0.252 e. The summed E-state index contributed by atoms with van der Waals surface area (Å²) in [5, 5.41) is 5.79. The third kappa shape index (κ3) is 4.73. The fraction of sp³-hybridized carbons (Fsp3) is 0.0435. The number of aromatic nitrogens is 1. The zero-order valence-electron chi connectivity index (χ0n) is 15.2. The summed E-state index contributed by atoms with van der Waals surface area (Å²) in [6.07, 6.45) is 0. The highest BCUT2D eigenvalue weighted by atomic mass is 35.5. The molecule has 0 saturated heterocycles. The van der Waals surface area contributed by atoms with Gasteiger partial charge in [-0.3, -0.25) is 4.79 Å². The summed E-state index contributed by atoms with van der Waals surface area (Å²) < 4.78 is 0. The lowest BCUT2D eigenvalue weighted by molar-refractivity contribution is 0.0952. The minimum atomic E-state index is -0.170. The summed E-state index contributed by atoms with van der Waals surface area (Å²) in [6.45, 7) is 0.353. The van der Waals surface area contributed by atoms with Crippen LogP contribution in [0.25, 0.3) is 10.9 Å². The van der Waals surface area contributed by atoms with Gasteiger partial charge in [0, 0.05) is 26.9 Å². The molecule has 0 aliphatic rings. The lowest BCUT2D eigenvalue weighted by Crippen LogP contribution is -2.23. The minimum Gasteiger partial charge on any atom is -0.348 e. The van der Waals surface area contributed by atoms with Crippen molar-refractivity contribution in [2.45, 2.75) is 16.5 Å². The van der Waals surface area contributed by atoms with E-state index in [1.54, 1.807) is 0 Å². The highest BCUT2D eigenvalue weighted by Gasteiger charge is 2.14. The standard InChI is InChI=1S/C23H16Cl2N2OS/c24-16-7-5-8-17(12-16)29-22-13-19(18-9-2-4-11-21(18)27-22)23(28)26-14-15-6-1-3-10-20(15)25/h1-13H,14H2,(H,26,28). The normalized spacial score (nSPS) is 10.8. The Bertz CT molecular complexity index is 1200. The first kappa shape index (κ1) is 19.8. The molecule has 3 aromatic carbocycles. The summed E-state index contributed by atoms with van der Waals surface area (Å²) in [5.74, 6) is -0.170. The van der Waals surface area contributed by atoms with Crippen molar-refractivity contribution in [2.75, 3.05) is 0 Å². The van der Waals surface area contributed by atoms with Crippen molar-refractivity contribution >= 4 is 51.8 Å². The second-order valence-corrected chi connectivity index (χ2v) is 8.30. The summed E-state index contributed by atoms with van der Waals surface area (Å²) in [4.78, 5) is 18.6. The Hall–Kier alpha value is -2.53. The topological polar surface area (TPSA) is 42.0 Å². The van der Waals surface area contributed by atoms with Gasteiger partial charge in [-0.2, -0.15) is 0 Å². The number of hydrogen-bond donors (Lipinski definition) is 1. The zero-order chi connectivity index (χ0) is 20.2. The van der Waals surface area contributed by atoms with Gasteiger partial charge in [0.05, 0.1) is 11.1 Å². The Kier molecular flexibility index (Phi) is 6.05. The van der Waals surface area contributed by atoms with Crippen molar-refractivity contribution in [1.82, 2.24) is 10.3 Å². The van der Waals surface area contributed by atoms with E-state index in [-0.39, 0.29) is 5.91 Å². The lowest BCUT2D eigenvalue weighted by atomic mass is 10.1. The van der Waals surface area contributed by atoms with Crippen LogP contribution in [0.1, 0.15) is 15.9 Å². The predicted octanol–water partition coefficient (Wildman–Crippen LogP) is 6.62. The number of pyridine rings is 1. The average Bonchev–Trinajstić information content (AvgIpc) is 2.72. The average molecular weight is 439 g/mol. The van der Waals surface area contributed by atoms with E-state index < -0.39 is 0 Å². The molecular formula is C23H16Cl2N2OS. The highest BCUT2D eigenvalue weighted by Crippen LogP contribution is 2.31. The van der Waals surface area contributed by atoms with E-state index >= 15 is 0 Å². The number of amides is 1. The van der Waals surface area contributed by atoms with Crippen LogP contribution < -0.4 is 5.32 Å². The monoisotopic (exact) mass is 438 g/mol. The molecule has 0 radical (unpaired) electrons. The van der Waals surface area contributed by atoms with Gasteiger partial charge in [0.1, 0.15) is 5.03 Å². The van der Waals surface area contributed by atoms with E-state index in [9.17, 15) is 4.79 Å². The van der Waals surface area contributed by atoms with E-state index in [1.165, 1.54) is 11.8 Å². The van der Waals surface area contributed by atoms with Gasteiger partial charge in [0.25, 0.3) is 5.91 Å². The zero-order valence-corrected chi connectivity index (χ0v) is 17.6. The van der Waals surface area contributed by atoms with Crippen molar-refractivity contribution < 1.29 is 4.79 Å². The van der Waals surface area contributed by atoms with Gasteiger partial charge in [-0.15, -0.1) is 0 Å². The molecule has 4 aromatic rings. The molecule has 1 N–H and O–H groups in total. The largest absolute Gasteiger partial charge is 0.348 e. The number of nitrogens with zero attached hydrogens (tertiary/aromatic N) is 1. The molecule has 0 saturated carbocycles. The maximum atomic E-state index is 13.0. The van der Waals surface area contributed by atoms with Crippen LogP contribution in [0, 0.1) is 0 Å².